The highest BCUT2D eigenvalue weighted by Crippen LogP contribution is 2.58. The SMILES string of the molecule is CC(c1ccc(S(C)=O)cc1)N(C)C(=O)NC1CC2CC1C1CCCC21. The van der Waals surface area contributed by atoms with Gasteiger partial charge in [0.25, 0.3) is 0 Å². The van der Waals surface area contributed by atoms with Gasteiger partial charge < -0.3 is 10.2 Å². The third kappa shape index (κ3) is 3.08. The first-order chi connectivity index (χ1) is 12.5. The van der Waals surface area contributed by atoms with Crippen LogP contribution in [0.1, 0.15) is 50.6 Å². The summed E-state index contributed by atoms with van der Waals surface area (Å²) >= 11 is 0. The zero-order chi connectivity index (χ0) is 18.4. The van der Waals surface area contributed by atoms with E-state index in [1.165, 1.54) is 32.1 Å². The summed E-state index contributed by atoms with van der Waals surface area (Å²) in [4.78, 5) is 15.4. The summed E-state index contributed by atoms with van der Waals surface area (Å²) in [5.41, 5.74) is 1.07. The molecule has 142 valence electrons. The predicted octanol–water partition coefficient (Wildman–Crippen LogP) is 3.95. The number of benzene rings is 1. The zero-order valence-corrected chi connectivity index (χ0v) is 16.8. The van der Waals surface area contributed by atoms with Crippen LogP contribution in [0.15, 0.2) is 29.2 Å². The average molecular weight is 375 g/mol. The molecule has 0 radical (unpaired) electrons. The van der Waals surface area contributed by atoms with Crippen LogP contribution in [0.25, 0.3) is 0 Å². The van der Waals surface area contributed by atoms with Crippen molar-refractivity contribution in [2.45, 2.75) is 56.0 Å². The van der Waals surface area contributed by atoms with E-state index in [2.05, 4.69) is 5.32 Å². The van der Waals surface area contributed by atoms with E-state index in [0.717, 1.165) is 28.2 Å². The molecule has 0 saturated heterocycles. The number of fused-ring (bicyclic) bond motifs is 5. The van der Waals surface area contributed by atoms with Crippen LogP contribution in [-0.2, 0) is 10.8 Å². The normalized spacial score (nSPS) is 34.3. The fourth-order valence-corrected chi connectivity index (χ4v) is 6.35. The molecule has 7 atom stereocenters. The number of hydrogen-bond acceptors (Lipinski definition) is 2. The van der Waals surface area contributed by atoms with Crippen LogP contribution < -0.4 is 5.32 Å². The molecule has 1 N–H and O–H groups in total. The Kier molecular flexibility index (Phi) is 4.84. The number of rotatable bonds is 4. The van der Waals surface area contributed by atoms with Crippen molar-refractivity contribution in [3.8, 4) is 0 Å². The highest BCUT2D eigenvalue weighted by atomic mass is 32.2. The summed E-state index contributed by atoms with van der Waals surface area (Å²) in [5, 5.41) is 3.34. The van der Waals surface area contributed by atoms with Crippen LogP contribution in [0.3, 0.4) is 0 Å². The zero-order valence-electron chi connectivity index (χ0n) is 16.0. The summed E-state index contributed by atoms with van der Waals surface area (Å²) in [7, 11) is 0.903. The topological polar surface area (TPSA) is 49.4 Å². The summed E-state index contributed by atoms with van der Waals surface area (Å²) in [6.45, 7) is 2.05. The van der Waals surface area contributed by atoms with E-state index in [0.29, 0.717) is 12.0 Å². The largest absolute Gasteiger partial charge is 0.335 e. The van der Waals surface area contributed by atoms with E-state index in [1.807, 2.05) is 38.2 Å². The number of nitrogens with one attached hydrogen (secondary N) is 1. The molecule has 3 aliphatic rings. The molecule has 0 spiro atoms. The average Bonchev–Trinajstić information content (AvgIpc) is 3.33. The van der Waals surface area contributed by atoms with Gasteiger partial charge in [-0.25, -0.2) is 4.79 Å². The molecule has 5 heteroatoms. The van der Waals surface area contributed by atoms with Crippen LogP contribution in [0.2, 0.25) is 0 Å². The lowest BCUT2D eigenvalue weighted by atomic mass is 9.79. The fraction of sp³-hybridized carbons (Fsp3) is 0.667. The molecule has 26 heavy (non-hydrogen) atoms. The molecule has 2 bridgehead atoms. The lowest BCUT2D eigenvalue weighted by molar-refractivity contribution is 0.169. The van der Waals surface area contributed by atoms with Crippen molar-refractivity contribution in [2.75, 3.05) is 13.3 Å². The monoisotopic (exact) mass is 374 g/mol. The van der Waals surface area contributed by atoms with E-state index in [9.17, 15) is 9.00 Å². The van der Waals surface area contributed by atoms with Gasteiger partial charge in [-0.15, -0.1) is 0 Å². The minimum absolute atomic E-state index is 0.00726. The van der Waals surface area contributed by atoms with E-state index in [-0.39, 0.29) is 12.1 Å². The number of carbonyl (C=O) groups is 1. The molecule has 3 saturated carbocycles. The maximum Gasteiger partial charge on any atom is 0.317 e. The number of amides is 2. The van der Waals surface area contributed by atoms with E-state index in [4.69, 9.17) is 0 Å². The summed E-state index contributed by atoms with van der Waals surface area (Å²) in [5.74, 6) is 3.37. The molecule has 0 heterocycles. The third-order valence-corrected chi connectivity index (χ3v) is 8.27. The van der Waals surface area contributed by atoms with Gasteiger partial charge in [-0.2, -0.15) is 0 Å². The quantitative estimate of drug-likeness (QED) is 0.867. The maximum atomic E-state index is 12.8. The molecule has 0 aliphatic heterocycles. The first kappa shape index (κ1) is 18.0. The van der Waals surface area contributed by atoms with Crippen molar-refractivity contribution < 1.29 is 9.00 Å². The van der Waals surface area contributed by atoms with Crippen LogP contribution in [0.5, 0.6) is 0 Å². The minimum Gasteiger partial charge on any atom is -0.335 e. The van der Waals surface area contributed by atoms with E-state index >= 15 is 0 Å². The third-order valence-electron chi connectivity index (χ3n) is 7.33. The van der Waals surface area contributed by atoms with E-state index in [1.54, 1.807) is 11.2 Å². The maximum absolute atomic E-state index is 12.8. The van der Waals surface area contributed by atoms with Gasteiger partial charge in [0.05, 0.1) is 6.04 Å². The Morgan fingerprint density at radius 1 is 1.15 bits per heavy atom. The van der Waals surface area contributed by atoms with Crippen molar-refractivity contribution in [3.63, 3.8) is 0 Å². The van der Waals surface area contributed by atoms with Gasteiger partial charge in [-0.05, 0) is 74.0 Å². The molecular formula is C21H30N2O2S. The molecule has 4 nitrogen and oxygen atoms in total. The number of carbonyl (C=O) groups excluding carboxylic acids is 1. The van der Waals surface area contributed by atoms with Crippen LogP contribution in [0.4, 0.5) is 4.79 Å². The van der Waals surface area contributed by atoms with Crippen molar-refractivity contribution >= 4 is 16.8 Å². The molecule has 1 aromatic rings. The van der Waals surface area contributed by atoms with Crippen molar-refractivity contribution in [1.82, 2.24) is 10.2 Å². The second-order valence-electron chi connectivity index (χ2n) is 8.52. The molecular weight excluding hydrogens is 344 g/mol. The molecule has 0 aromatic heterocycles. The second kappa shape index (κ2) is 6.99. The highest BCUT2D eigenvalue weighted by molar-refractivity contribution is 7.84. The lowest BCUT2D eigenvalue weighted by Crippen LogP contribution is -2.48. The van der Waals surface area contributed by atoms with Crippen molar-refractivity contribution in [2.24, 2.45) is 23.7 Å². The first-order valence-corrected chi connectivity index (χ1v) is 11.5. The Balaban J connectivity index is 1.38. The Hall–Kier alpha value is -1.36. The first-order valence-electron chi connectivity index (χ1n) is 9.92. The minimum atomic E-state index is -0.970. The smallest absolute Gasteiger partial charge is 0.317 e. The van der Waals surface area contributed by atoms with Gasteiger partial charge in [0.2, 0.25) is 0 Å². The molecule has 4 rings (SSSR count). The lowest BCUT2D eigenvalue weighted by Gasteiger charge is -2.34. The molecule has 3 aliphatic carbocycles. The Bertz CT molecular complexity index is 704. The Morgan fingerprint density at radius 3 is 2.54 bits per heavy atom. The van der Waals surface area contributed by atoms with Crippen LogP contribution >= 0.6 is 0 Å². The molecule has 3 fully saturated rings. The van der Waals surface area contributed by atoms with Gasteiger partial charge in [0.15, 0.2) is 0 Å². The number of nitrogens with zero attached hydrogens (tertiary/aromatic N) is 1. The Morgan fingerprint density at radius 2 is 1.85 bits per heavy atom. The van der Waals surface area contributed by atoms with Crippen molar-refractivity contribution in [3.05, 3.63) is 29.8 Å². The van der Waals surface area contributed by atoms with Crippen molar-refractivity contribution in [1.29, 1.82) is 0 Å². The van der Waals surface area contributed by atoms with Gasteiger partial charge in [-0.1, -0.05) is 18.6 Å². The number of urea groups is 1. The Labute approximate surface area is 159 Å². The molecule has 1 aromatic carbocycles. The van der Waals surface area contributed by atoms with Gasteiger partial charge in [-0.3, -0.25) is 4.21 Å². The van der Waals surface area contributed by atoms with Gasteiger partial charge in [0.1, 0.15) is 0 Å². The van der Waals surface area contributed by atoms with Gasteiger partial charge >= 0.3 is 6.03 Å². The van der Waals surface area contributed by atoms with Gasteiger partial charge in [0, 0.05) is 35.0 Å². The number of hydrogen-bond donors (Lipinski definition) is 1. The highest BCUT2D eigenvalue weighted by Gasteiger charge is 2.54. The summed E-state index contributed by atoms with van der Waals surface area (Å²) in [6.07, 6.45) is 8.37. The summed E-state index contributed by atoms with van der Waals surface area (Å²) < 4.78 is 11.5. The second-order valence-corrected chi connectivity index (χ2v) is 9.90. The molecule has 7 unspecified atom stereocenters. The molecule has 2 amide bonds. The predicted molar refractivity (Wildman–Crippen MR) is 104 cm³/mol. The van der Waals surface area contributed by atoms with Crippen LogP contribution in [-0.4, -0.2) is 34.5 Å². The standard InChI is InChI=1S/C21H30N2O2S/c1-13(14-7-9-16(10-8-14)26(3)25)23(2)21(24)22-20-12-15-11-19(20)18-6-4-5-17(15)18/h7-10,13,15,17-20H,4-6,11-12H2,1-3H3,(H,22,24). The van der Waals surface area contributed by atoms with E-state index < -0.39 is 10.8 Å². The fourth-order valence-electron chi connectivity index (χ4n) is 5.83. The van der Waals surface area contributed by atoms with Crippen LogP contribution in [0, 0.1) is 23.7 Å². The summed E-state index contributed by atoms with van der Waals surface area (Å²) in [6, 6.07) is 8.14.